The van der Waals surface area contributed by atoms with Crippen LogP contribution in [0.3, 0.4) is 0 Å². The number of hydroxylamine groups is 2. The molecule has 5 N–H and O–H groups in total. The van der Waals surface area contributed by atoms with E-state index < -0.39 is 54.1 Å². The van der Waals surface area contributed by atoms with Gasteiger partial charge in [-0.1, -0.05) is 57.4 Å². The Morgan fingerprint density at radius 1 is 0.941 bits per heavy atom. The minimum atomic E-state index is -1.50. The molecule has 3 aromatic rings. The average molecular weight is 709 g/mol. The van der Waals surface area contributed by atoms with Gasteiger partial charge in [-0.15, -0.1) is 0 Å². The van der Waals surface area contributed by atoms with Gasteiger partial charge in [-0.3, -0.25) is 29.2 Å². The molecule has 0 bridgehead atoms. The van der Waals surface area contributed by atoms with Crippen molar-refractivity contribution in [2.24, 2.45) is 5.92 Å². The number of carbonyl (C=O) groups excluding carboxylic acids is 5. The highest BCUT2D eigenvalue weighted by molar-refractivity contribution is 6.00. The van der Waals surface area contributed by atoms with Gasteiger partial charge in [0, 0.05) is 5.56 Å². The number of para-hydroxylation sites is 1. The number of aliphatic carboxylic acids is 1. The fourth-order valence-electron chi connectivity index (χ4n) is 5.31. The highest BCUT2D eigenvalue weighted by Gasteiger charge is 2.31. The predicted octanol–water partition coefficient (Wildman–Crippen LogP) is 4.15. The molecule has 0 aliphatic carbocycles. The van der Waals surface area contributed by atoms with E-state index in [1.54, 1.807) is 32.0 Å². The van der Waals surface area contributed by atoms with E-state index in [9.17, 15) is 39.1 Å². The number of unbranched alkanes of at least 4 members (excludes halogenated alkanes) is 2. The minimum absolute atomic E-state index is 0.0135. The van der Waals surface area contributed by atoms with Crippen LogP contribution in [0.5, 0.6) is 11.5 Å². The molecule has 0 fully saturated rings. The molecule has 15 heteroatoms. The van der Waals surface area contributed by atoms with Crippen LogP contribution < -0.4 is 25.4 Å². The normalized spacial score (nSPS) is 12.5. The molecule has 0 saturated heterocycles. The SMILES string of the molecule is CCCCC[C@@H](C(=O)NCNC(=O)c1ccc(-c2ccc(C(=O)N[C@@H](CC(=O)O)C(=O)Oc3ccccc3)c(OCC)c2)o1)[C@@H](CC)N(O)C=O. The van der Waals surface area contributed by atoms with E-state index in [0.717, 1.165) is 19.3 Å². The molecular weight excluding hydrogens is 664 g/mol. The molecular formula is C36H44N4O11. The third-order valence-corrected chi connectivity index (χ3v) is 7.87. The summed E-state index contributed by atoms with van der Waals surface area (Å²) in [6.07, 6.45) is 2.89. The quantitative estimate of drug-likeness (QED) is 0.0202. The fourth-order valence-corrected chi connectivity index (χ4v) is 5.31. The van der Waals surface area contributed by atoms with Crippen molar-refractivity contribution in [2.45, 2.75) is 71.4 Å². The second kappa shape index (κ2) is 20.1. The number of hydrogen-bond donors (Lipinski definition) is 5. The van der Waals surface area contributed by atoms with Gasteiger partial charge in [0.1, 0.15) is 23.3 Å². The lowest BCUT2D eigenvalue weighted by atomic mass is 9.90. The summed E-state index contributed by atoms with van der Waals surface area (Å²) in [6.45, 7) is 5.41. The first-order valence-corrected chi connectivity index (χ1v) is 16.7. The third kappa shape index (κ3) is 11.7. The lowest BCUT2D eigenvalue weighted by Crippen LogP contribution is -2.47. The Labute approximate surface area is 295 Å². The molecule has 15 nitrogen and oxygen atoms in total. The summed E-state index contributed by atoms with van der Waals surface area (Å²) in [5, 5.41) is 27.5. The van der Waals surface area contributed by atoms with E-state index in [0.29, 0.717) is 23.5 Å². The molecule has 51 heavy (non-hydrogen) atoms. The molecule has 4 amide bonds. The summed E-state index contributed by atoms with van der Waals surface area (Å²) >= 11 is 0. The summed E-state index contributed by atoms with van der Waals surface area (Å²) in [7, 11) is 0. The minimum Gasteiger partial charge on any atom is -0.493 e. The van der Waals surface area contributed by atoms with Crippen LogP contribution in [0.2, 0.25) is 0 Å². The number of rotatable bonds is 21. The lowest BCUT2D eigenvalue weighted by molar-refractivity contribution is -0.168. The number of hydrogen-bond acceptors (Lipinski definition) is 10. The van der Waals surface area contributed by atoms with Gasteiger partial charge in [0.25, 0.3) is 11.8 Å². The fraction of sp³-hybridized carbons (Fsp3) is 0.389. The number of nitrogens with zero attached hydrogens (tertiary/aromatic N) is 1. The maximum Gasteiger partial charge on any atom is 0.334 e. The summed E-state index contributed by atoms with van der Waals surface area (Å²) in [4.78, 5) is 74.5. The number of nitrogens with one attached hydrogen (secondary N) is 3. The van der Waals surface area contributed by atoms with Crippen LogP contribution in [-0.4, -0.2) is 76.8 Å². The molecule has 0 aliphatic rings. The van der Waals surface area contributed by atoms with Crippen molar-refractivity contribution in [3.8, 4) is 22.8 Å². The summed E-state index contributed by atoms with van der Waals surface area (Å²) in [6, 6.07) is 13.2. The van der Waals surface area contributed by atoms with Crippen molar-refractivity contribution in [3.05, 3.63) is 72.0 Å². The second-order valence-corrected chi connectivity index (χ2v) is 11.5. The highest BCUT2D eigenvalue weighted by atomic mass is 16.5. The number of amides is 4. The smallest absolute Gasteiger partial charge is 0.334 e. The first kappa shape index (κ1) is 39.7. The van der Waals surface area contributed by atoms with Gasteiger partial charge in [-0.2, -0.15) is 0 Å². The molecule has 3 rings (SSSR count). The van der Waals surface area contributed by atoms with Crippen molar-refractivity contribution in [1.29, 1.82) is 0 Å². The zero-order chi connectivity index (χ0) is 37.3. The molecule has 274 valence electrons. The lowest BCUT2D eigenvalue weighted by Gasteiger charge is -2.29. The molecule has 0 aliphatic heterocycles. The number of benzene rings is 2. The van der Waals surface area contributed by atoms with Crippen LogP contribution in [0.1, 0.15) is 80.2 Å². The molecule has 1 aromatic heterocycles. The van der Waals surface area contributed by atoms with E-state index in [4.69, 9.17) is 13.9 Å². The Morgan fingerprint density at radius 3 is 2.33 bits per heavy atom. The van der Waals surface area contributed by atoms with Gasteiger partial charge in [-0.05, 0) is 56.2 Å². The predicted molar refractivity (Wildman–Crippen MR) is 183 cm³/mol. The summed E-state index contributed by atoms with van der Waals surface area (Å²) in [5.41, 5.74) is 0.455. The Hall–Kier alpha value is -5.70. The van der Waals surface area contributed by atoms with E-state index in [-0.39, 0.29) is 48.3 Å². The largest absolute Gasteiger partial charge is 0.493 e. The van der Waals surface area contributed by atoms with Gasteiger partial charge < -0.3 is 34.9 Å². The number of carboxylic acids is 1. The van der Waals surface area contributed by atoms with Crippen molar-refractivity contribution in [2.75, 3.05) is 13.3 Å². The van der Waals surface area contributed by atoms with Crippen LogP contribution in [0.15, 0.2) is 65.1 Å². The zero-order valence-corrected chi connectivity index (χ0v) is 28.8. The topological polar surface area (TPSA) is 214 Å². The second-order valence-electron chi connectivity index (χ2n) is 11.5. The van der Waals surface area contributed by atoms with Gasteiger partial charge in [-0.25, -0.2) is 9.86 Å². The summed E-state index contributed by atoms with van der Waals surface area (Å²) in [5.74, 6) is -4.31. The summed E-state index contributed by atoms with van der Waals surface area (Å²) < 4.78 is 16.7. The third-order valence-electron chi connectivity index (χ3n) is 7.87. The number of carboxylic acid groups (broad SMARTS) is 1. The van der Waals surface area contributed by atoms with Gasteiger partial charge >= 0.3 is 11.9 Å². The van der Waals surface area contributed by atoms with Crippen LogP contribution in [0.25, 0.3) is 11.3 Å². The van der Waals surface area contributed by atoms with E-state index in [2.05, 4.69) is 16.0 Å². The van der Waals surface area contributed by atoms with E-state index in [1.807, 2.05) is 6.92 Å². The molecule has 2 aromatic carbocycles. The molecule has 1 heterocycles. The maximum atomic E-state index is 13.3. The molecule has 3 atom stereocenters. The number of esters is 1. The Balaban J connectivity index is 1.69. The first-order chi connectivity index (χ1) is 24.5. The highest BCUT2D eigenvalue weighted by Crippen LogP contribution is 2.29. The van der Waals surface area contributed by atoms with Gasteiger partial charge in [0.15, 0.2) is 5.76 Å². The molecule has 0 unspecified atom stereocenters. The average Bonchev–Trinajstić information content (AvgIpc) is 3.62. The zero-order valence-electron chi connectivity index (χ0n) is 28.8. The van der Waals surface area contributed by atoms with Crippen LogP contribution in [0.4, 0.5) is 0 Å². The number of ether oxygens (including phenoxy) is 2. The van der Waals surface area contributed by atoms with Gasteiger partial charge in [0.05, 0.1) is 37.2 Å². The molecule has 0 radical (unpaired) electrons. The Morgan fingerprint density at radius 2 is 1.69 bits per heavy atom. The van der Waals surface area contributed by atoms with E-state index in [1.165, 1.54) is 42.5 Å². The standard InChI is InChI=1S/C36H44N4O11/c1-4-7-9-14-25(28(5-2)40(48)22-41)33(44)37-21-38-35(46)30-18-17-29(51-30)23-15-16-26(31(19-23)49-6-3)34(45)39-27(20-32(42)43)36(47)50-24-12-10-8-11-13-24/h8,10-13,15-19,22,25,27-28,48H,4-7,9,14,20-21H2,1-3H3,(H,37,44)(H,38,46)(H,39,45)(H,42,43)/t25-,27+,28-/m1/s1. The van der Waals surface area contributed by atoms with Crippen molar-refractivity contribution >= 4 is 36.1 Å². The van der Waals surface area contributed by atoms with Gasteiger partial charge in [0.2, 0.25) is 12.3 Å². The maximum absolute atomic E-state index is 13.3. The van der Waals surface area contributed by atoms with Crippen LogP contribution in [-0.2, 0) is 19.2 Å². The van der Waals surface area contributed by atoms with Crippen molar-refractivity contribution in [3.63, 3.8) is 0 Å². The monoisotopic (exact) mass is 708 g/mol. The van der Waals surface area contributed by atoms with E-state index >= 15 is 0 Å². The first-order valence-electron chi connectivity index (χ1n) is 16.7. The van der Waals surface area contributed by atoms with Crippen molar-refractivity contribution in [1.82, 2.24) is 21.0 Å². The van der Waals surface area contributed by atoms with Crippen LogP contribution in [0, 0.1) is 5.92 Å². The Bertz CT molecular complexity index is 1640. The molecule has 0 spiro atoms. The number of furan rings is 1. The Kier molecular flexibility index (Phi) is 15.7. The number of carbonyl (C=O) groups is 6. The van der Waals surface area contributed by atoms with Crippen LogP contribution >= 0.6 is 0 Å². The molecule has 0 saturated carbocycles. The van der Waals surface area contributed by atoms with Crippen molar-refractivity contribution < 1.29 is 53.0 Å².